The number of nitrogens with zero attached hydrogens (tertiary/aromatic N) is 1. The highest BCUT2D eigenvalue weighted by Crippen LogP contribution is 2.31. The van der Waals surface area contributed by atoms with Crippen LogP contribution in [0.3, 0.4) is 0 Å². The molecule has 0 radical (unpaired) electrons. The van der Waals surface area contributed by atoms with Gasteiger partial charge in [0.25, 0.3) is 0 Å². The molecule has 14 heavy (non-hydrogen) atoms. The first-order chi connectivity index (χ1) is 6.48. The van der Waals surface area contributed by atoms with Crippen LogP contribution in [-0.4, -0.2) is 25.3 Å². The Kier molecular flexibility index (Phi) is 2.04. The van der Waals surface area contributed by atoms with Crippen LogP contribution >= 0.6 is 0 Å². The van der Waals surface area contributed by atoms with E-state index in [4.69, 9.17) is 4.74 Å². The molecule has 0 saturated heterocycles. The molecule has 0 aliphatic carbocycles. The molecular weight excluding hydrogens is 174 g/mol. The van der Waals surface area contributed by atoms with Gasteiger partial charge in [-0.1, -0.05) is 11.6 Å². The standard InChI is InChI=1S/C12H18NO/c1-9-5-10(2)12-11(6-9)7-13(3,4)8-14-12/h5-6H,7-8H2,1-4H3/q+1. The molecule has 1 heterocycles. The van der Waals surface area contributed by atoms with Crippen LogP contribution in [0.4, 0.5) is 0 Å². The van der Waals surface area contributed by atoms with E-state index >= 15 is 0 Å². The molecule has 76 valence electrons. The molecule has 1 aliphatic heterocycles. The van der Waals surface area contributed by atoms with Gasteiger partial charge in [-0.15, -0.1) is 0 Å². The zero-order valence-electron chi connectivity index (χ0n) is 9.42. The summed E-state index contributed by atoms with van der Waals surface area (Å²) in [6.45, 7) is 6.10. The minimum absolute atomic E-state index is 0.775. The van der Waals surface area contributed by atoms with Gasteiger partial charge >= 0.3 is 0 Å². The van der Waals surface area contributed by atoms with Crippen LogP contribution in [0, 0.1) is 13.8 Å². The van der Waals surface area contributed by atoms with Crippen molar-refractivity contribution in [2.24, 2.45) is 0 Å². The first-order valence-electron chi connectivity index (χ1n) is 5.03. The Balaban J connectivity index is 2.47. The maximum atomic E-state index is 5.80. The van der Waals surface area contributed by atoms with Gasteiger partial charge in [-0.2, -0.15) is 0 Å². The summed E-state index contributed by atoms with van der Waals surface area (Å²) in [5, 5.41) is 0. The van der Waals surface area contributed by atoms with Crippen LogP contribution in [0.15, 0.2) is 12.1 Å². The molecular formula is C12H18NO+. The Bertz CT molecular complexity index is 369. The number of ether oxygens (including phenoxy) is 1. The fraction of sp³-hybridized carbons (Fsp3) is 0.500. The van der Waals surface area contributed by atoms with Crippen molar-refractivity contribution in [1.82, 2.24) is 0 Å². The molecule has 1 aliphatic rings. The van der Waals surface area contributed by atoms with Crippen molar-refractivity contribution in [1.29, 1.82) is 0 Å². The van der Waals surface area contributed by atoms with E-state index in [-0.39, 0.29) is 0 Å². The molecule has 0 N–H and O–H groups in total. The van der Waals surface area contributed by atoms with Gasteiger partial charge in [-0.05, 0) is 25.5 Å². The highest BCUT2D eigenvalue weighted by Gasteiger charge is 2.26. The van der Waals surface area contributed by atoms with Gasteiger partial charge in [0.15, 0.2) is 0 Å². The van der Waals surface area contributed by atoms with Crippen LogP contribution in [0.2, 0.25) is 0 Å². The molecule has 0 saturated carbocycles. The van der Waals surface area contributed by atoms with Crippen LogP contribution < -0.4 is 4.74 Å². The Labute approximate surface area is 85.7 Å². The predicted octanol–water partition coefficient (Wildman–Crippen LogP) is 2.23. The minimum atomic E-state index is 0.775. The lowest BCUT2D eigenvalue weighted by molar-refractivity contribution is -0.921. The highest BCUT2D eigenvalue weighted by molar-refractivity contribution is 5.43. The second kappa shape index (κ2) is 2.99. The summed E-state index contributed by atoms with van der Waals surface area (Å²) in [6, 6.07) is 4.42. The molecule has 0 aromatic heterocycles. The van der Waals surface area contributed by atoms with E-state index in [2.05, 4.69) is 40.1 Å². The van der Waals surface area contributed by atoms with Crippen LogP contribution in [0.1, 0.15) is 16.7 Å². The van der Waals surface area contributed by atoms with E-state index in [9.17, 15) is 0 Å². The van der Waals surface area contributed by atoms with Crippen molar-refractivity contribution >= 4 is 0 Å². The van der Waals surface area contributed by atoms with Crippen LogP contribution in [0.5, 0.6) is 5.75 Å². The molecule has 0 bridgehead atoms. The van der Waals surface area contributed by atoms with E-state index in [1.807, 2.05) is 0 Å². The van der Waals surface area contributed by atoms with Gasteiger partial charge in [0.05, 0.1) is 14.1 Å². The van der Waals surface area contributed by atoms with Crippen molar-refractivity contribution in [2.45, 2.75) is 20.4 Å². The second-order valence-electron chi connectivity index (χ2n) is 4.94. The summed E-state index contributed by atoms with van der Waals surface area (Å²) in [5.41, 5.74) is 3.94. The fourth-order valence-electron chi connectivity index (χ4n) is 2.11. The van der Waals surface area contributed by atoms with Crippen molar-refractivity contribution in [3.05, 3.63) is 28.8 Å². The number of hydrogen-bond donors (Lipinski definition) is 0. The second-order valence-corrected chi connectivity index (χ2v) is 4.94. The quantitative estimate of drug-likeness (QED) is 0.573. The lowest BCUT2D eigenvalue weighted by Gasteiger charge is -2.35. The Hall–Kier alpha value is -1.02. The maximum absolute atomic E-state index is 5.80. The van der Waals surface area contributed by atoms with Crippen molar-refractivity contribution in [3.8, 4) is 5.75 Å². The van der Waals surface area contributed by atoms with Gasteiger partial charge in [0.2, 0.25) is 6.73 Å². The van der Waals surface area contributed by atoms with Crippen molar-refractivity contribution in [2.75, 3.05) is 20.8 Å². The number of rotatable bonds is 0. The third-order valence-corrected chi connectivity index (χ3v) is 2.65. The van der Waals surface area contributed by atoms with Crippen LogP contribution in [0.25, 0.3) is 0 Å². The van der Waals surface area contributed by atoms with Gasteiger partial charge in [0, 0.05) is 5.56 Å². The highest BCUT2D eigenvalue weighted by atomic mass is 16.5. The van der Waals surface area contributed by atoms with E-state index < -0.39 is 0 Å². The summed E-state index contributed by atoms with van der Waals surface area (Å²) in [5.74, 6) is 1.10. The third kappa shape index (κ3) is 1.62. The summed E-state index contributed by atoms with van der Waals surface area (Å²) in [7, 11) is 4.39. The number of quaternary nitrogens is 1. The van der Waals surface area contributed by atoms with Crippen molar-refractivity contribution < 1.29 is 9.22 Å². The molecule has 0 fully saturated rings. The summed E-state index contributed by atoms with van der Waals surface area (Å²) >= 11 is 0. The molecule has 2 rings (SSSR count). The lowest BCUT2D eigenvalue weighted by atomic mass is 10.0. The van der Waals surface area contributed by atoms with Crippen molar-refractivity contribution in [3.63, 3.8) is 0 Å². The average Bonchev–Trinajstić information content (AvgIpc) is 2.00. The van der Waals surface area contributed by atoms with E-state index in [1.165, 1.54) is 16.7 Å². The Morgan fingerprint density at radius 2 is 1.93 bits per heavy atom. The summed E-state index contributed by atoms with van der Waals surface area (Å²) in [4.78, 5) is 0. The SMILES string of the molecule is Cc1cc(C)c2c(c1)C[N+](C)(C)CO2. The lowest BCUT2D eigenvalue weighted by Crippen LogP contribution is -2.45. The Morgan fingerprint density at radius 1 is 1.21 bits per heavy atom. The number of aryl methyl sites for hydroxylation is 2. The molecule has 2 heteroatoms. The van der Waals surface area contributed by atoms with E-state index in [0.717, 1.165) is 23.5 Å². The minimum Gasteiger partial charge on any atom is -0.444 e. The smallest absolute Gasteiger partial charge is 0.223 e. The first kappa shape index (κ1) is 9.53. The maximum Gasteiger partial charge on any atom is 0.223 e. The van der Waals surface area contributed by atoms with Gasteiger partial charge in [-0.3, -0.25) is 4.48 Å². The van der Waals surface area contributed by atoms with Gasteiger partial charge in [-0.25, -0.2) is 0 Å². The largest absolute Gasteiger partial charge is 0.444 e. The fourth-order valence-corrected chi connectivity index (χ4v) is 2.11. The third-order valence-electron chi connectivity index (χ3n) is 2.65. The zero-order valence-corrected chi connectivity index (χ0v) is 9.42. The van der Waals surface area contributed by atoms with Gasteiger partial charge < -0.3 is 4.74 Å². The molecule has 1 aromatic rings. The molecule has 0 spiro atoms. The van der Waals surface area contributed by atoms with Gasteiger partial charge in [0.1, 0.15) is 12.3 Å². The summed E-state index contributed by atoms with van der Waals surface area (Å²) in [6.07, 6.45) is 0. The molecule has 0 amide bonds. The molecule has 0 unspecified atom stereocenters. The van der Waals surface area contributed by atoms with E-state index in [0.29, 0.717) is 0 Å². The summed E-state index contributed by atoms with van der Waals surface area (Å²) < 4.78 is 6.71. The topological polar surface area (TPSA) is 9.23 Å². The van der Waals surface area contributed by atoms with E-state index in [1.54, 1.807) is 0 Å². The monoisotopic (exact) mass is 192 g/mol. The molecule has 1 aromatic carbocycles. The normalized spacial score (nSPS) is 18.6. The average molecular weight is 192 g/mol. The van der Waals surface area contributed by atoms with Crippen LogP contribution in [-0.2, 0) is 6.54 Å². The Morgan fingerprint density at radius 3 is 2.64 bits per heavy atom. The predicted molar refractivity (Wildman–Crippen MR) is 57.2 cm³/mol. The molecule has 0 atom stereocenters. The number of fused-ring (bicyclic) bond motifs is 1. The number of benzene rings is 1. The zero-order chi connectivity index (χ0) is 10.3. The number of hydrogen-bond acceptors (Lipinski definition) is 1. The molecule has 2 nitrogen and oxygen atoms in total. The first-order valence-corrected chi connectivity index (χ1v) is 5.03.